The minimum absolute atomic E-state index is 0.182. The first-order valence-electron chi connectivity index (χ1n) is 11.8. The van der Waals surface area contributed by atoms with E-state index in [1.54, 1.807) is 0 Å². The van der Waals surface area contributed by atoms with Gasteiger partial charge in [0.2, 0.25) is 0 Å². The monoisotopic (exact) mass is 382 g/mol. The van der Waals surface area contributed by atoms with Crippen LogP contribution in [0.2, 0.25) is 0 Å². The first kappa shape index (κ1) is 23.2. The Balaban J connectivity index is 2.07. The standard InChI is InChI=1S/C24H46O3/c1-7-11-13-19(9-3)15-23(5,21-17-25-21)27-24(6,22-18-26-22)16-20(10-4)14-12-8-2/h19-22H,7-18H2,1-6H3. The summed E-state index contributed by atoms with van der Waals surface area (Å²) in [5.74, 6) is 1.45. The fourth-order valence-electron chi connectivity index (χ4n) is 4.84. The molecule has 0 aromatic carbocycles. The summed E-state index contributed by atoms with van der Waals surface area (Å²) in [4.78, 5) is 0. The van der Waals surface area contributed by atoms with Crippen molar-refractivity contribution >= 4 is 0 Å². The van der Waals surface area contributed by atoms with Crippen LogP contribution < -0.4 is 0 Å². The Morgan fingerprint density at radius 3 is 1.41 bits per heavy atom. The summed E-state index contributed by atoms with van der Waals surface area (Å²) in [5, 5.41) is 0. The highest BCUT2D eigenvalue weighted by atomic mass is 16.6. The van der Waals surface area contributed by atoms with Gasteiger partial charge in [-0.05, 0) is 38.5 Å². The molecule has 160 valence electrons. The maximum Gasteiger partial charge on any atom is 0.110 e. The summed E-state index contributed by atoms with van der Waals surface area (Å²) in [6.07, 6.45) is 13.0. The van der Waals surface area contributed by atoms with E-state index in [4.69, 9.17) is 14.2 Å². The zero-order chi connectivity index (χ0) is 19.9. The molecular weight excluding hydrogens is 336 g/mol. The first-order valence-corrected chi connectivity index (χ1v) is 11.8. The van der Waals surface area contributed by atoms with Gasteiger partial charge in [0.05, 0.1) is 24.4 Å². The minimum Gasteiger partial charge on any atom is -0.370 e. The molecule has 2 aliphatic rings. The third-order valence-electron chi connectivity index (χ3n) is 6.97. The van der Waals surface area contributed by atoms with E-state index in [1.807, 2.05) is 0 Å². The van der Waals surface area contributed by atoms with Crippen LogP contribution in [0, 0.1) is 11.8 Å². The van der Waals surface area contributed by atoms with Crippen molar-refractivity contribution in [2.24, 2.45) is 11.8 Å². The lowest BCUT2D eigenvalue weighted by molar-refractivity contribution is -0.177. The van der Waals surface area contributed by atoms with Gasteiger partial charge in [0.15, 0.2) is 0 Å². The van der Waals surface area contributed by atoms with Crippen LogP contribution in [0.3, 0.4) is 0 Å². The molecule has 6 atom stereocenters. The number of hydrogen-bond donors (Lipinski definition) is 0. The van der Waals surface area contributed by atoms with E-state index in [0.717, 1.165) is 37.9 Å². The first-order chi connectivity index (χ1) is 12.9. The van der Waals surface area contributed by atoms with E-state index < -0.39 is 0 Å². The van der Waals surface area contributed by atoms with E-state index in [0.29, 0.717) is 0 Å². The molecule has 6 unspecified atom stereocenters. The lowest BCUT2D eigenvalue weighted by Gasteiger charge is -2.42. The Hall–Kier alpha value is -0.120. The summed E-state index contributed by atoms with van der Waals surface area (Å²) in [6, 6.07) is 0. The summed E-state index contributed by atoms with van der Waals surface area (Å²) < 4.78 is 18.6. The molecule has 0 saturated carbocycles. The van der Waals surface area contributed by atoms with Crippen molar-refractivity contribution in [3.63, 3.8) is 0 Å². The average Bonchev–Trinajstić information content (AvgIpc) is 3.51. The molecule has 0 bridgehead atoms. The van der Waals surface area contributed by atoms with Crippen LogP contribution >= 0.6 is 0 Å². The van der Waals surface area contributed by atoms with Gasteiger partial charge in [-0.2, -0.15) is 0 Å². The second-order valence-corrected chi connectivity index (χ2v) is 9.61. The van der Waals surface area contributed by atoms with Gasteiger partial charge >= 0.3 is 0 Å². The summed E-state index contributed by atoms with van der Waals surface area (Å²) >= 11 is 0. The van der Waals surface area contributed by atoms with Gasteiger partial charge in [-0.15, -0.1) is 0 Å². The van der Waals surface area contributed by atoms with Crippen molar-refractivity contribution in [3.05, 3.63) is 0 Å². The summed E-state index contributed by atoms with van der Waals surface area (Å²) in [5.41, 5.74) is -0.365. The van der Waals surface area contributed by atoms with E-state index in [1.165, 1.54) is 51.4 Å². The zero-order valence-electron chi connectivity index (χ0n) is 19.0. The van der Waals surface area contributed by atoms with E-state index >= 15 is 0 Å². The second-order valence-electron chi connectivity index (χ2n) is 9.61. The highest BCUT2D eigenvalue weighted by Crippen LogP contribution is 2.44. The molecule has 0 amide bonds. The second kappa shape index (κ2) is 10.6. The topological polar surface area (TPSA) is 34.3 Å². The number of ether oxygens (including phenoxy) is 3. The van der Waals surface area contributed by atoms with Crippen molar-refractivity contribution in [2.75, 3.05) is 13.2 Å². The molecular formula is C24H46O3. The van der Waals surface area contributed by atoms with Crippen LogP contribution in [0.15, 0.2) is 0 Å². The Morgan fingerprint density at radius 2 is 1.15 bits per heavy atom. The molecule has 0 radical (unpaired) electrons. The molecule has 2 saturated heterocycles. The van der Waals surface area contributed by atoms with Crippen LogP contribution in [0.1, 0.15) is 106 Å². The minimum atomic E-state index is -0.182. The van der Waals surface area contributed by atoms with E-state index in [9.17, 15) is 0 Å². The molecule has 2 aliphatic heterocycles. The highest BCUT2D eigenvalue weighted by molar-refractivity contribution is 5.01. The maximum atomic E-state index is 7.05. The van der Waals surface area contributed by atoms with Crippen molar-refractivity contribution < 1.29 is 14.2 Å². The molecule has 3 heteroatoms. The molecule has 0 N–H and O–H groups in total. The van der Waals surface area contributed by atoms with E-state index in [2.05, 4.69) is 41.5 Å². The largest absolute Gasteiger partial charge is 0.370 e. The third-order valence-corrected chi connectivity index (χ3v) is 6.97. The van der Waals surface area contributed by atoms with Crippen molar-refractivity contribution in [2.45, 2.75) is 129 Å². The third kappa shape index (κ3) is 7.01. The predicted octanol–water partition coefficient (Wildman–Crippen LogP) is 6.53. The van der Waals surface area contributed by atoms with Crippen molar-refractivity contribution in [3.8, 4) is 0 Å². The Kier molecular flexibility index (Phi) is 9.09. The zero-order valence-corrected chi connectivity index (χ0v) is 19.0. The molecule has 0 aromatic rings. The molecule has 0 spiro atoms. The van der Waals surface area contributed by atoms with E-state index in [-0.39, 0.29) is 23.4 Å². The Morgan fingerprint density at radius 1 is 0.778 bits per heavy atom. The van der Waals surface area contributed by atoms with Gasteiger partial charge in [-0.3, -0.25) is 0 Å². The number of epoxide rings is 2. The molecule has 0 aromatic heterocycles. The molecule has 2 rings (SSSR count). The number of hydrogen-bond acceptors (Lipinski definition) is 3. The molecule has 27 heavy (non-hydrogen) atoms. The van der Waals surface area contributed by atoms with Gasteiger partial charge in [0, 0.05) is 0 Å². The van der Waals surface area contributed by atoms with Crippen LogP contribution in [0.4, 0.5) is 0 Å². The van der Waals surface area contributed by atoms with Gasteiger partial charge in [0.1, 0.15) is 12.2 Å². The van der Waals surface area contributed by atoms with Gasteiger partial charge < -0.3 is 14.2 Å². The van der Waals surface area contributed by atoms with Gasteiger partial charge in [-0.25, -0.2) is 0 Å². The van der Waals surface area contributed by atoms with Crippen LogP contribution in [0.25, 0.3) is 0 Å². The predicted molar refractivity (Wildman–Crippen MR) is 113 cm³/mol. The SMILES string of the molecule is CCCCC(CC)CC(C)(OC(C)(CC(CC)CCCC)C1CO1)C1CO1. The Bertz CT molecular complexity index is 380. The lowest BCUT2D eigenvalue weighted by Crippen LogP contribution is -2.49. The lowest BCUT2D eigenvalue weighted by atomic mass is 9.81. The highest BCUT2D eigenvalue weighted by Gasteiger charge is 2.54. The molecule has 2 fully saturated rings. The fraction of sp³-hybridized carbons (Fsp3) is 1.00. The average molecular weight is 383 g/mol. The smallest absolute Gasteiger partial charge is 0.110 e. The molecule has 2 heterocycles. The molecule has 0 aliphatic carbocycles. The van der Waals surface area contributed by atoms with Gasteiger partial charge in [0.25, 0.3) is 0 Å². The maximum absolute atomic E-state index is 7.05. The van der Waals surface area contributed by atoms with Crippen LogP contribution in [-0.2, 0) is 14.2 Å². The van der Waals surface area contributed by atoms with Crippen LogP contribution in [-0.4, -0.2) is 36.6 Å². The number of unbranched alkanes of at least 4 members (excludes halogenated alkanes) is 2. The fourth-order valence-corrected chi connectivity index (χ4v) is 4.84. The Labute approximate surface area is 168 Å². The summed E-state index contributed by atoms with van der Waals surface area (Å²) in [7, 11) is 0. The normalized spacial score (nSPS) is 28.2. The van der Waals surface area contributed by atoms with Crippen LogP contribution in [0.5, 0.6) is 0 Å². The van der Waals surface area contributed by atoms with Gasteiger partial charge in [-0.1, -0.05) is 79.1 Å². The number of rotatable bonds is 16. The summed E-state index contributed by atoms with van der Waals surface area (Å²) in [6.45, 7) is 15.6. The van der Waals surface area contributed by atoms with Crippen molar-refractivity contribution in [1.29, 1.82) is 0 Å². The molecule has 3 nitrogen and oxygen atoms in total. The van der Waals surface area contributed by atoms with Crippen molar-refractivity contribution in [1.82, 2.24) is 0 Å². The quantitative estimate of drug-likeness (QED) is 0.285.